The van der Waals surface area contributed by atoms with Crippen LogP contribution in [0.1, 0.15) is 59.2 Å². The van der Waals surface area contributed by atoms with E-state index in [0.717, 1.165) is 29.1 Å². The first-order chi connectivity index (χ1) is 20.7. The average Bonchev–Trinajstić information content (AvgIpc) is 3.45. The summed E-state index contributed by atoms with van der Waals surface area (Å²) in [5.74, 6) is -6.26. The standard InChI is InChI=1S/C32H32NO/c1-19(2)32(20(3)4)25-12-8-7-11-24(25)29-26(32)17-16-23-22-15-14-21(5)28(30(22)34-31(23)29)27-13-9-10-18-33(27)6/h7-20H,1-6H3/q+1/i1D3,2D3,3D3,19D,20D. The molecule has 2 atom stereocenters. The van der Waals surface area contributed by atoms with Crippen LogP contribution in [0.2, 0.25) is 0 Å². The van der Waals surface area contributed by atoms with Gasteiger partial charge in [-0.05, 0) is 47.0 Å². The zero-order chi connectivity index (χ0) is 33.1. The maximum atomic E-state index is 9.55. The molecule has 0 bridgehead atoms. The van der Waals surface area contributed by atoms with Crippen LogP contribution >= 0.6 is 0 Å². The summed E-state index contributed by atoms with van der Waals surface area (Å²) in [6, 6.07) is 19.1. The largest absolute Gasteiger partial charge is 0.454 e. The van der Waals surface area contributed by atoms with E-state index in [1.54, 1.807) is 24.3 Å². The van der Waals surface area contributed by atoms with Gasteiger partial charge >= 0.3 is 0 Å². The predicted molar refractivity (Wildman–Crippen MR) is 141 cm³/mol. The fourth-order valence-corrected chi connectivity index (χ4v) is 5.72. The molecule has 34 heavy (non-hydrogen) atoms. The van der Waals surface area contributed by atoms with Crippen molar-refractivity contribution in [3.05, 3.63) is 89.6 Å². The van der Waals surface area contributed by atoms with Gasteiger partial charge in [-0.2, -0.15) is 0 Å². The van der Waals surface area contributed by atoms with Gasteiger partial charge in [0.25, 0.3) is 0 Å². The first-order valence-electron chi connectivity index (χ1n) is 16.8. The minimum absolute atomic E-state index is 0.0188. The number of benzene rings is 3. The molecule has 0 aliphatic heterocycles. The zero-order valence-electron chi connectivity index (χ0n) is 30.3. The van der Waals surface area contributed by atoms with Crippen LogP contribution < -0.4 is 4.57 Å². The normalized spacial score (nSPS) is 25.1. The summed E-state index contributed by atoms with van der Waals surface area (Å²) in [6.07, 6.45) is 1.92. The maximum Gasteiger partial charge on any atom is 0.216 e. The minimum atomic E-state index is -3.55. The molecule has 0 radical (unpaired) electrons. The molecule has 0 N–H and O–H groups in total. The summed E-state index contributed by atoms with van der Waals surface area (Å²) in [6.45, 7) is -7.32. The number of aryl methyl sites for hydroxylation is 2. The van der Waals surface area contributed by atoms with Crippen molar-refractivity contribution in [3.8, 4) is 22.4 Å². The van der Waals surface area contributed by atoms with E-state index in [-0.39, 0.29) is 16.7 Å². The molecule has 170 valence electrons. The van der Waals surface area contributed by atoms with Crippen molar-refractivity contribution in [2.24, 2.45) is 18.8 Å². The third-order valence-electron chi connectivity index (χ3n) is 7.27. The highest BCUT2D eigenvalue weighted by Crippen LogP contribution is 2.58. The van der Waals surface area contributed by atoms with Gasteiger partial charge in [0.05, 0.1) is 5.56 Å². The Balaban J connectivity index is 1.86. The molecule has 1 aliphatic rings. The van der Waals surface area contributed by atoms with Gasteiger partial charge in [-0.3, -0.25) is 0 Å². The molecular formula is C32H32NO+. The minimum Gasteiger partial charge on any atom is -0.454 e. The molecule has 5 aromatic rings. The van der Waals surface area contributed by atoms with Gasteiger partial charge in [0, 0.05) is 49.0 Å². The number of pyridine rings is 1. The van der Waals surface area contributed by atoms with Crippen molar-refractivity contribution in [2.45, 2.75) is 39.8 Å². The van der Waals surface area contributed by atoms with Crippen molar-refractivity contribution in [3.63, 3.8) is 0 Å². The number of hydrogen-bond acceptors (Lipinski definition) is 1. The van der Waals surface area contributed by atoms with E-state index in [9.17, 15) is 2.74 Å². The van der Waals surface area contributed by atoms with Crippen LogP contribution in [0.4, 0.5) is 0 Å². The van der Waals surface area contributed by atoms with Gasteiger partial charge in [0.2, 0.25) is 5.69 Å². The van der Waals surface area contributed by atoms with E-state index >= 15 is 0 Å². The van der Waals surface area contributed by atoms with E-state index in [1.165, 1.54) is 12.1 Å². The highest BCUT2D eigenvalue weighted by Gasteiger charge is 2.48. The van der Waals surface area contributed by atoms with Gasteiger partial charge < -0.3 is 4.42 Å². The SMILES string of the molecule is [2H]C([2H])([2H])C([2H])(C)C1(C([2H])(C([2H])([2H])[2H])C([2H])([2H])[2H])c2ccccc2-c2c1ccc1c2oc2c(-c3cccc[n+]3C)c(C)ccc21. The molecule has 6 rings (SSSR count). The second kappa shape index (κ2) is 7.30. The lowest BCUT2D eigenvalue weighted by Gasteiger charge is -2.40. The Hall–Kier alpha value is -3.39. The Bertz CT molecular complexity index is 1990. The Morgan fingerprint density at radius 2 is 1.53 bits per heavy atom. The molecule has 0 saturated heterocycles. The third kappa shape index (κ3) is 2.54. The summed E-state index contributed by atoms with van der Waals surface area (Å²) in [5.41, 5.74) is 1.35. The number of rotatable bonds is 3. The van der Waals surface area contributed by atoms with Crippen molar-refractivity contribution in [2.75, 3.05) is 0 Å². The maximum absolute atomic E-state index is 9.55. The Kier molecular flexibility index (Phi) is 2.65. The molecule has 2 heteroatoms. The van der Waals surface area contributed by atoms with E-state index in [1.807, 2.05) is 55.1 Å². The van der Waals surface area contributed by atoms with Crippen LogP contribution in [0.25, 0.3) is 44.3 Å². The fourth-order valence-electron chi connectivity index (χ4n) is 5.72. The monoisotopic (exact) mass is 457 g/mol. The highest BCUT2D eigenvalue weighted by molar-refractivity contribution is 6.14. The van der Waals surface area contributed by atoms with E-state index in [4.69, 9.17) is 16.8 Å². The Morgan fingerprint density at radius 1 is 0.824 bits per heavy atom. The number of aromatic nitrogens is 1. The van der Waals surface area contributed by atoms with Crippen molar-refractivity contribution in [1.82, 2.24) is 0 Å². The zero-order valence-corrected chi connectivity index (χ0v) is 19.3. The molecule has 1 aliphatic carbocycles. The summed E-state index contributed by atoms with van der Waals surface area (Å²) in [5, 5.41) is 1.40. The number of furan rings is 1. The predicted octanol–water partition coefficient (Wildman–Crippen LogP) is 7.96. The van der Waals surface area contributed by atoms with Crippen molar-refractivity contribution in [1.29, 1.82) is 0 Å². The van der Waals surface area contributed by atoms with Crippen LogP contribution in [0.3, 0.4) is 0 Å². The molecule has 0 amide bonds. The fraction of sp³-hybridized carbons (Fsp3) is 0.281. The first kappa shape index (κ1) is 12.4. The molecule has 0 spiro atoms. The van der Waals surface area contributed by atoms with Gasteiger partial charge in [-0.1, -0.05) is 76.0 Å². The third-order valence-corrected chi connectivity index (χ3v) is 7.27. The number of fused-ring (bicyclic) bond motifs is 7. The van der Waals surface area contributed by atoms with Gasteiger partial charge in [-0.15, -0.1) is 0 Å². The van der Waals surface area contributed by atoms with Crippen LogP contribution in [0.15, 0.2) is 77.3 Å². The lowest BCUT2D eigenvalue weighted by atomic mass is 9.63. The van der Waals surface area contributed by atoms with E-state index in [2.05, 4.69) is 0 Å². The topological polar surface area (TPSA) is 17.0 Å². The number of nitrogens with zero attached hydrogens (tertiary/aromatic N) is 1. The highest BCUT2D eigenvalue weighted by atomic mass is 16.3. The van der Waals surface area contributed by atoms with Gasteiger partial charge in [0.1, 0.15) is 18.2 Å². The summed E-state index contributed by atoms with van der Waals surface area (Å²) in [7, 11) is 1.92. The molecular weight excluding hydrogens is 414 g/mol. The summed E-state index contributed by atoms with van der Waals surface area (Å²) >= 11 is 0. The van der Waals surface area contributed by atoms with E-state index in [0.29, 0.717) is 22.1 Å². The molecule has 2 heterocycles. The summed E-state index contributed by atoms with van der Waals surface area (Å²) < 4.78 is 104. The quantitative estimate of drug-likeness (QED) is 0.251. The molecule has 0 fully saturated rings. The Labute approximate surface area is 217 Å². The molecule has 2 aromatic heterocycles. The van der Waals surface area contributed by atoms with Crippen molar-refractivity contribution >= 4 is 21.9 Å². The summed E-state index contributed by atoms with van der Waals surface area (Å²) in [4.78, 5) is 0. The molecule has 3 aromatic carbocycles. The lowest BCUT2D eigenvalue weighted by Crippen LogP contribution is -2.37. The van der Waals surface area contributed by atoms with Crippen LogP contribution in [0, 0.1) is 18.7 Å². The smallest absolute Gasteiger partial charge is 0.216 e. The molecule has 0 saturated carbocycles. The molecule has 2 nitrogen and oxygen atoms in total. The first-order valence-corrected chi connectivity index (χ1v) is 11.3. The van der Waals surface area contributed by atoms with Crippen LogP contribution in [0.5, 0.6) is 0 Å². The Morgan fingerprint density at radius 3 is 2.29 bits per heavy atom. The lowest BCUT2D eigenvalue weighted by molar-refractivity contribution is -0.660. The van der Waals surface area contributed by atoms with E-state index < -0.39 is 37.8 Å². The van der Waals surface area contributed by atoms with Gasteiger partial charge in [-0.25, -0.2) is 4.57 Å². The number of hydrogen-bond donors (Lipinski definition) is 0. The second-order valence-electron chi connectivity index (χ2n) is 9.09. The van der Waals surface area contributed by atoms with Gasteiger partial charge in [0.15, 0.2) is 6.20 Å². The van der Waals surface area contributed by atoms with Crippen LogP contribution in [-0.2, 0) is 12.5 Å². The van der Waals surface area contributed by atoms with Crippen LogP contribution in [-0.4, -0.2) is 0 Å². The van der Waals surface area contributed by atoms with Crippen molar-refractivity contribution < 1.29 is 24.1 Å². The second-order valence-corrected chi connectivity index (χ2v) is 9.09. The average molecular weight is 458 g/mol. The molecule has 2 unspecified atom stereocenters.